The Morgan fingerprint density at radius 3 is 2.24 bits per heavy atom. The number of hydrogen-bond donors (Lipinski definition) is 2. The standard InChI is InChI=1S/C13H25NO3/c1-2-3-9-12(15)14-11-8-6-4-5-7-10-13(16)17/h2-11H2,1H3,(H,14,15)(H,16,17). The second-order valence-corrected chi connectivity index (χ2v) is 4.37. The van der Waals surface area contributed by atoms with Gasteiger partial charge in [0.05, 0.1) is 0 Å². The van der Waals surface area contributed by atoms with Gasteiger partial charge >= 0.3 is 5.97 Å². The number of aliphatic carboxylic acids is 1. The van der Waals surface area contributed by atoms with Crippen LogP contribution in [0.3, 0.4) is 0 Å². The van der Waals surface area contributed by atoms with Gasteiger partial charge in [0.15, 0.2) is 0 Å². The van der Waals surface area contributed by atoms with E-state index in [-0.39, 0.29) is 12.3 Å². The summed E-state index contributed by atoms with van der Waals surface area (Å²) < 4.78 is 0. The molecular formula is C13H25NO3. The fourth-order valence-corrected chi connectivity index (χ4v) is 1.59. The molecule has 0 saturated heterocycles. The summed E-state index contributed by atoms with van der Waals surface area (Å²) >= 11 is 0. The molecule has 0 heterocycles. The molecule has 4 nitrogen and oxygen atoms in total. The lowest BCUT2D eigenvalue weighted by atomic mass is 10.1. The van der Waals surface area contributed by atoms with Crippen molar-refractivity contribution < 1.29 is 14.7 Å². The van der Waals surface area contributed by atoms with E-state index in [1.54, 1.807) is 0 Å². The van der Waals surface area contributed by atoms with E-state index in [0.29, 0.717) is 6.42 Å². The first kappa shape index (κ1) is 15.9. The van der Waals surface area contributed by atoms with E-state index in [2.05, 4.69) is 12.2 Å². The maximum atomic E-state index is 11.2. The summed E-state index contributed by atoms with van der Waals surface area (Å²) in [7, 11) is 0. The first-order valence-electron chi connectivity index (χ1n) is 6.65. The molecule has 0 aromatic heterocycles. The van der Waals surface area contributed by atoms with Crippen LogP contribution in [0.4, 0.5) is 0 Å². The highest BCUT2D eigenvalue weighted by Crippen LogP contribution is 2.04. The minimum atomic E-state index is -0.715. The zero-order chi connectivity index (χ0) is 12.9. The van der Waals surface area contributed by atoms with Gasteiger partial charge in [0.2, 0.25) is 5.91 Å². The van der Waals surface area contributed by atoms with Crippen LogP contribution >= 0.6 is 0 Å². The molecule has 2 N–H and O–H groups in total. The highest BCUT2D eigenvalue weighted by Gasteiger charge is 1.99. The lowest BCUT2D eigenvalue weighted by Crippen LogP contribution is -2.23. The van der Waals surface area contributed by atoms with Crippen LogP contribution in [-0.4, -0.2) is 23.5 Å². The van der Waals surface area contributed by atoms with Crippen molar-refractivity contribution in [3.05, 3.63) is 0 Å². The Hall–Kier alpha value is -1.06. The molecule has 0 saturated carbocycles. The smallest absolute Gasteiger partial charge is 0.303 e. The predicted octanol–water partition coefficient (Wildman–Crippen LogP) is 2.72. The maximum absolute atomic E-state index is 11.2. The van der Waals surface area contributed by atoms with Crippen LogP contribution in [0, 0.1) is 0 Å². The molecule has 0 radical (unpaired) electrons. The van der Waals surface area contributed by atoms with E-state index in [1.165, 1.54) is 0 Å². The van der Waals surface area contributed by atoms with E-state index in [4.69, 9.17) is 5.11 Å². The molecule has 0 fully saturated rings. The van der Waals surface area contributed by atoms with Gasteiger partial charge in [-0.2, -0.15) is 0 Å². The fraction of sp³-hybridized carbons (Fsp3) is 0.846. The molecule has 0 aliphatic rings. The van der Waals surface area contributed by atoms with Crippen molar-refractivity contribution in [1.82, 2.24) is 5.32 Å². The first-order valence-corrected chi connectivity index (χ1v) is 6.65. The number of hydrogen-bond acceptors (Lipinski definition) is 2. The summed E-state index contributed by atoms with van der Waals surface area (Å²) in [5, 5.41) is 11.3. The van der Waals surface area contributed by atoms with Gasteiger partial charge in [-0.1, -0.05) is 32.6 Å². The van der Waals surface area contributed by atoms with Crippen molar-refractivity contribution in [3.63, 3.8) is 0 Å². The molecule has 0 aliphatic heterocycles. The summed E-state index contributed by atoms with van der Waals surface area (Å²) in [6.07, 6.45) is 7.76. The Kier molecular flexibility index (Phi) is 10.7. The van der Waals surface area contributed by atoms with Gasteiger partial charge in [0, 0.05) is 19.4 Å². The van der Waals surface area contributed by atoms with Crippen molar-refractivity contribution in [2.45, 2.75) is 64.7 Å². The second kappa shape index (κ2) is 11.4. The van der Waals surface area contributed by atoms with Crippen LogP contribution in [0.25, 0.3) is 0 Å². The molecule has 0 rings (SSSR count). The minimum absolute atomic E-state index is 0.151. The molecule has 100 valence electrons. The normalized spacial score (nSPS) is 10.2. The molecule has 0 unspecified atom stereocenters. The third-order valence-corrected chi connectivity index (χ3v) is 2.65. The Balaban J connectivity index is 3.12. The third kappa shape index (κ3) is 12.9. The molecule has 0 aromatic carbocycles. The number of carboxylic acid groups (broad SMARTS) is 1. The van der Waals surface area contributed by atoms with E-state index in [1.807, 2.05) is 0 Å². The van der Waals surface area contributed by atoms with Crippen LogP contribution < -0.4 is 5.32 Å². The number of carbonyl (C=O) groups excluding carboxylic acids is 1. The number of amides is 1. The molecule has 0 aliphatic carbocycles. The molecule has 4 heteroatoms. The van der Waals surface area contributed by atoms with Crippen molar-refractivity contribution in [3.8, 4) is 0 Å². The highest BCUT2D eigenvalue weighted by atomic mass is 16.4. The van der Waals surface area contributed by atoms with E-state index in [9.17, 15) is 9.59 Å². The van der Waals surface area contributed by atoms with Gasteiger partial charge < -0.3 is 10.4 Å². The van der Waals surface area contributed by atoms with Crippen molar-refractivity contribution >= 4 is 11.9 Å². The number of unbranched alkanes of at least 4 members (excludes halogenated alkanes) is 5. The zero-order valence-corrected chi connectivity index (χ0v) is 10.8. The first-order chi connectivity index (χ1) is 8.16. The lowest BCUT2D eigenvalue weighted by molar-refractivity contribution is -0.137. The Morgan fingerprint density at radius 2 is 1.59 bits per heavy atom. The summed E-state index contributed by atoms with van der Waals surface area (Å²) in [5.74, 6) is -0.564. The Labute approximate surface area is 104 Å². The van der Waals surface area contributed by atoms with Crippen molar-refractivity contribution in [1.29, 1.82) is 0 Å². The Bertz CT molecular complexity index is 217. The van der Waals surface area contributed by atoms with Crippen molar-refractivity contribution in [2.24, 2.45) is 0 Å². The van der Waals surface area contributed by atoms with Gasteiger partial charge in [0.1, 0.15) is 0 Å². The largest absolute Gasteiger partial charge is 0.481 e. The SMILES string of the molecule is CCCCC(=O)NCCCCCCCC(=O)O. The summed E-state index contributed by atoms with van der Waals surface area (Å²) in [5.41, 5.74) is 0. The number of nitrogens with one attached hydrogen (secondary N) is 1. The summed E-state index contributed by atoms with van der Waals surface area (Å²) in [6.45, 7) is 2.83. The van der Waals surface area contributed by atoms with E-state index in [0.717, 1.165) is 51.5 Å². The van der Waals surface area contributed by atoms with Crippen LogP contribution in [0.2, 0.25) is 0 Å². The molecule has 1 amide bonds. The fourth-order valence-electron chi connectivity index (χ4n) is 1.59. The predicted molar refractivity (Wildman–Crippen MR) is 67.9 cm³/mol. The topological polar surface area (TPSA) is 66.4 Å². The molecular weight excluding hydrogens is 218 g/mol. The summed E-state index contributed by atoms with van der Waals surface area (Å²) in [6, 6.07) is 0. The number of carbonyl (C=O) groups is 2. The van der Waals surface area contributed by atoms with Gasteiger partial charge in [-0.25, -0.2) is 0 Å². The highest BCUT2D eigenvalue weighted by molar-refractivity contribution is 5.75. The van der Waals surface area contributed by atoms with E-state index < -0.39 is 5.97 Å². The van der Waals surface area contributed by atoms with E-state index >= 15 is 0 Å². The van der Waals surface area contributed by atoms with Gasteiger partial charge in [-0.3, -0.25) is 9.59 Å². The molecule has 0 spiro atoms. The average Bonchev–Trinajstić information content (AvgIpc) is 2.29. The van der Waals surface area contributed by atoms with Gasteiger partial charge in [-0.05, 0) is 19.3 Å². The van der Waals surface area contributed by atoms with Crippen LogP contribution in [-0.2, 0) is 9.59 Å². The van der Waals surface area contributed by atoms with Gasteiger partial charge in [-0.15, -0.1) is 0 Å². The molecule has 0 bridgehead atoms. The maximum Gasteiger partial charge on any atom is 0.303 e. The van der Waals surface area contributed by atoms with Gasteiger partial charge in [0.25, 0.3) is 0 Å². The van der Waals surface area contributed by atoms with Crippen LogP contribution in [0.5, 0.6) is 0 Å². The van der Waals surface area contributed by atoms with Crippen LogP contribution in [0.15, 0.2) is 0 Å². The number of carboxylic acids is 1. The Morgan fingerprint density at radius 1 is 0.941 bits per heavy atom. The molecule has 17 heavy (non-hydrogen) atoms. The third-order valence-electron chi connectivity index (χ3n) is 2.65. The summed E-state index contributed by atoms with van der Waals surface area (Å²) in [4.78, 5) is 21.5. The monoisotopic (exact) mass is 243 g/mol. The molecule has 0 atom stereocenters. The molecule has 0 aromatic rings. The minimum Gasteiger partial charge on any atom is -0.481 e. The van der Waals surface area contributed by atoms with Crippen LogP contribution in [0.1, 0.15) is 64.7 Å². The quantitative estimate of drug-likeness (QED) is 0.548. The average molecular weight is 243 g/mol. The lowest BCUT2D eigenvalue weighted by Gasteiger charge is -2.04. The van der Waals surface area contributed by atoms with Crippen molar-refractivity contribution in [2.75, 3.05) is 6.54 Å². The number of rotatable bonds is 11. The zero-order valence-electron chi connectivity index (χ0n) is 10.8. The second-order valence-electron chi connectivity index (χ2n) is 4.37.